The van der Waals surface area contributed by atoms with Crippen molar-refractivity contribution in [2.24, 2.45) is 0 Å². The highest BCUT2D eigenvalue weighted by Crippen LogP contribution is 2.25. The molecule has 0 radical (unpaired) electrons. The van der Waals surface area contributed by atoms with Gasteiger partial charge in [-0.05, 0) is 25.7 Å². The molecule has 3 rings (SSSR count). The number of likely N-dealkylation sites (N-methyl/N-ethyl adjacent to an activating group) is 2. The van der Waals surface area contributed by atoms with Gasteiger partial charge in [0.25, 0.3) is 0 Å². The predicted molar refractivity (Wildman–Crippen MR) is 86.5 cm³/mol. The molecule has 1 aromatic heterocycles. The highest BCUT2D eigenvalue weighted by molar-refractivity contribution is 5.61. The summed E-state index contributed by atoms with van der Waals surface area (Å²) >= 11 is 0. The second-order valence-corrected chi connectivity index (χ2v) is 6.23. The van der Waals surface area contributed by atoms with E-state index in [4.69, 9.17) is 9.47 Å². The fraction of sp³-hybridized carbons (Fsp3) is 0.750. The van der Waals surface area contributed by atoms with Crippen LogP contribution in [0.25, 0.3) is 0 Å². The van der Waals surface area contributed by atoms with Crippen LogP contribution in [-0.2, 0) is 9.47 Å². The van der Waals surface area contributed by atoms with Crippen LogP contribution >= 0.6 is 0 Å². The second-order valence-electron chi connectivity index (χ2n) is 6.23. The molecule has 6 nitrogen and oxygen atoms in total. The largest absolute Gasteiger partial charge is 0.376 e. The van der Waals surface area contributed by atoms with E-state index >= 15 is 0 Å². The van der Waals surface area contributed by atoms with Gasteiger partial charge >= 0.3 is 0 Å². The number of rotatable bonds is 6. The zero-order valence-corrected chi connectivity index (χ0v) is 13.6. The first-order valence-electron chi connectivity index (χ1n) is 8.20. The van der Waals surface area contributed by atoms with Crippen molar-refractivity contribution in [1.82, 2.24) is 9.97 Å². The average Bonchev–Trinajstić information content (AvgIpc) is 3.21. The lowest BCUT2D eigenvalue weighted by molar-refractivity contribution is 0.115. The minimum absolute atomic E-state index is 0.309. The molecule has 3 heterocycles. The zero-order valence-electron chi connectivity index (χ0n) is 13.6. The van der Waals surface area contributed by atoms with Gasteiger partial charge in [0.1, 0.15) is 0 Å². The SMILES string of the molecule is CN(C[C@H]1CCCO1)c1nccnc1N(C)C[C@H]1CCCO1. The number of hydrogen-bond acceptors (Lipinski definition) is 6. The van der Waals surface area contributed by atoms with Gasteiger partial charge in [0.2, 0.25) is 0 Å². The summed E-state index contributed by atoms with van der Waals surface area (Å²) in [5.41, 5.74) is 0. The lowest BCUT2D eigenvalue weighted by Crippen LogP contribution is -2.34. The molecule has 0 amide bonds. The Bertz CT molecular complexity index is 430. The van der Waals surface area contributed by atoms with E-state index in [1.54, 1.807) is 12.4 Å². The van der Waals surface area contributed by atoms with E-state index in [0.717, 1.165) is 63.6 Å². The maximum Gasteiger partial charge on any atom is 0.171 e. The van der Waals surface area contributed by atoms with Gasteiger partial charge in [-0.25, -0.2) is 9.97 Å². The molecule has 2 saturated heterocycles. The molecular formula is C16H26N4O2. The second kappa shape index (κ2) is 7.24. The first kappa shape index (κ1) is 15.5. The van der Waals surface area contributed by atoms with Crippen molar-refractivity contribution in [3.05, 3.63) is 12.4 Å². The molecule has 2 aliphatic heterocycles. The highest BCUT2D eigenvalue weighted by atomic mass is 16.5. The fourth-order valence-electron chi connectivity index (χ4n) is 3.22. The van der Waals surface area contributed by atoms with E-state index in [9.17, 15) is 0 Å². The van der Waals surface area contributed by atoms with Gasteiger partial charge in [0.05, 0.1) is 12.2 Å². The topological polar surface area (TPSA) is 50.7 Å². The van der Waals surface area contributed by atoms with Crippen molar-refractivity contribution < 1.29 is 9.47 Å². The molecule has 2 atom stereocenters. The Labute approximate surface area is 132 Å². The summed E-state index contributed by atoms with van der Waals surface area (Å²) in [5, 5.41) is 0. The first-order valence-corrected chi connectivity index (χ1v) is 8.20. The Morgan fingerprint density at radius 2 is 1.36 bits per heavy atom. The Morgan fingerprint density at radius 3 is 1.73 bits per heavy atom. The molecule has 6 heteroatoms. The summed E-state index contributed by atoms with van der Waals surface area (Å²) in [7, 11) is 4.13. The summed E-state index contributed by atoms with van der Waals surface area (Å²) in [6.07, 6.45) is 8.70. The van der Waals surface area contributed by atoms with Crippen molar-refractivity contribution in [1.29, 1.82) is 0 Å². The third kappa shape index (κ3) is 3.67. The minimum atomic E-state index is 0.309. The molecule has 22 heavy (non-hydrogen) atoms. The van der Waals surface area contributed by atoms with Crippen LogP contribution in [-0.4, -0.2) is 62.6 Å². The highest BCUT2D eigenvalue weighted by Gasteiger charge is 2.23. The van der Waals surface area contributed by atoms with E-state index < -0.39 is 0 Å². The molecule has 0 unspecified atom stereocenters. The minimum Gasteiger partial charge on any atom is -0.376 e. The maximum atomic E-state index is 5.73. The number of ether oxygens (including phenoxy) is 2. The molecule has 0 aromatic carbocycles. The van der Waals surface area contributed by atoms with Crippen molar-refractivity contribution in [2.75, 3.05) is 50.2 Å². The molecule has 0 bridgehead atoms. The molecule has 0 aliphatic carbocycles. The van der Waals surface area contributed by atoms with Gasteiger partial charge in [-0.1, -0.05) is 0 Å². The average molecular weight is 306 g/mol. The van der Waals surface area contributed by atoms with Gasteiger partial charge < -0.3 is 19.3 Å². The standard InChI is InChI=1S/C16H26N4O2/c1-19(11-13-5-3-9-21-13)15-16(18-8-7-17-15)20(2)12-14-6-4-10-22-14/h7-8,13-14H,3-6,9-12H2,1-2H3/t13-,14-/m1/s1. The predicted octanol–water partition coefficient (Wildman–Crippen LogP) is 1.71. The van der Waals surface area contributed by atoms with E-state index in [1.165, 1.54) is 0 Å². The number of aromatic nitrogens is 2. The van der Waals surface area contributed by atoms with Crippen molar-refractivity contribution in [2.45, 2.75) is 37.9 Å². The molecule has 1 aromatic rings. The Hall–Kier alpha value is -1.40. The molecule has 122 valence electrons. The van der Waals surface area contributed by atoms with E-state index in [2.05, 4.69) is 33.9 Å². The van der Waals surface area contributed by atoms with Crippen LogP contribution in [0.15, 0.2) is 12.4 Å². The lowest BCUT2D eigenvalue weighted by Gasteiger charge is -2.28. The van der Waals surface area contributed by atoms with Crippen LogP contribution in [0.2, 0.25) is 0 Å². The van der Waals surface area contributed by atoms with Crippen LogP contribution in [0, 0.1) is 0 Å². The Kier molecular flexibility index (Phi) is 5.10. The van der Waals surface area contributed by atoms with Crippen molar-refractivity contribution in [3.63, 3.8) is 0 Å². The van der Waals surface area contributed by atoms with Gasteiger partial charge in [0.15, 0.2) is 11.6 Å². The van der Waals surface area contributed by atoms with Crippen LogP contribution in [0.1, 0.15) is 25.7 Å². The maximum absolute atomic E-state index is 5.73. The van der Waals surface area contributed by atoms with Crippen LogP contribution in [0.4, 0.5) is 11.6 Å². The summed E-state index contributed by atoms with van der Waals surface area (Å²) in [5.74, 6) is 1.83. The lowest BCUT2D eigenvalue weighted by atomic mass is 10.2. The van der Waals surface area contributed by atoms with Crippen molar-refractivity contribution >= 4 is 11.6 Å². The monoisotopic (exact) mass is 306 g/mol. The number of nitrogens with zero attached hydrogens (tertiary/aromatic N) is 4. The normalized spacial score (nSPS) is 24.6. The molecule has 2 aliphatic rings. The molecule has 2 fully saturated rings. The van der Waals surface area contributed by atoms with E-state index in [1.807, 2.05) is 0 Å². The van der Waals surface area contributed by atoms with Crippen LogP contribution < -0.4 is 9.80 Å². The van der Waals surface area contributed by atoms with Crippen molar-refractivity contribution in [3.8, 4) is 0 Å². The fourth-order valence-corrected chi connectivity index (χ4v) is 3.22. The smallest absolute Gasteiger partial charge is 0.171 e. The summed E-state index contributed by atoms with van der Waals surface area (Å²) in [4.78, 5) is 13.4. The van der Waals surface area contributed by atoms with Gasteiger partial charge in [-0.2, -0.15) is 0 Å². The third-order valence-electron chi connectivity index (χ3n) is 4.39. The number of anilines is 2. The van der Waals surface area contributed by atoms with E-state index in [-0.39, 0.29) is 0 Å². The Balaban J connectivity index is 1.67. The molecule has 0 saturated carbocycles. The quantitative estimate of drug-likeness (QED) is 0.797. The molecular weight excluding hydrogens is 280 g/mol. The van der Waals surface area contributed by atoms with Gasteiger partial charge in [-0.3, -0.25) is 0 Å². The summed E-state index contributed by atoms with van der Waals surface area (Å²) in [6.45, 7) is 3.48. The molecule has 0 N–H and O–H groups in total. The van der Waals surface area contributed by atoms with Gasteiger partial charge in [-0.15, -0.1) is 0 Å². The van der Waals surface area contributed by atoms with Gasteiger partial charge in [0, 0.05) is 52.8 Å². The number of hydrogen-bond donors (Lipinski definition) is 0. The van der Waals surface area contributed by atoms with E-state index in [0.29, 0.717) is 12.2 Å². The molecule has 0 spiro atoms. The summed E-state index contributed by atoms with van der Waals surface area (Å²) < 4.78 is 11.5. The Morgan fingerprint density at radius 1 is 0.909 bits per heavy atom. The van der Waals surface area contributed by atoms with Crippen LogP contribution in [0.5, 0.6) is 0 Å². The zero-order chi connectivity index (χ0) is 15.4. The van der Waals surface area contributed by atoms with Crippen LogP contribution in [0.3, 0.4) is 0 Å². The first-order chi connectivity index (χ1) is 10.7. The summed E-state index contributed by atoms with van der Waals surface area (Å²) in [6, 6.07) is 0. The third-order valence-corrected chi connectivity index (χ3v) is 4.39.